The number of rotatable bonds is 23. The number of hydrogen-bond donors (Lipinski definition) is 11. The number of pyridine rings is 6. The first-order valence-corrected chi connectivity index (χ1v) is 44.5. The van der Waals surface area contributed by atoms with Gasteiger partial charge in [0.05, 0.1) is 171 Å². The molecule has 0 saturated heterocycles. The summed E-state index contributed by atoms with van der Waals surface area (Å²) >= 11 is 0. The number of imidazole rings is 6. The number of hydrogen-bond acceptors (Lipinski definition) is 28. The number of nitrogens with two attached hydrogens (primary N) is 6. The Hall–Kier alpha value is -13.9. The minimum absolute atomic E-state index is 0.281. The number of benzene rings is 6. The maximum Gasteiger partial charge on any atom is 0.337 e. The zero-order valence-electron chi connectivity index (χ0n) is 78.7. The molecule has 0 saturated carbocycles. The summed E-state index contributed by atoms with van der Waals surface area (Å²) < 4.78 is 27.1. The first kappa shape index (κ1) is 96.7. The molecule has 698 valence electrons. The van der Waals surface area contributed by atoms with Crippen LogP contribution in [0.4, 0.5) is 34.9 Å². The van der Waals surface area contributed by atoms with Crippen molar-refractivity contribution in [3.05, 3.63) is 181 Å². The second-order valence-electron chi connectivity index (χ2n) is 37.0. The number of aliphatic hydroxyl groups is 5. The third-order valence-electron chi connectivity index (χ3n) is 21.8. The molecule has 6 aromatic carbocycles. The largest absolute Gasteiger partial charge is 0.465 e. The van der Waals surface area contributed by atoms with E-state index in [1.165, 1.54) is 14.2 Å². The Bertz CT molecular complexity index is 7150. The first-order chi connectivity index (χ1) is 63.0. The maximum absolute atomic E-state index is 11.9. The summed E-state index contributed by atoms with van der Waals surface area (Å²) in [6.45, 7) is 32.3. The number of aryl methyl sites for hydroxylation is 2. The number of carbonyl (C=O) groups is 2. The Kier molecular flexibility index (Phi) is 28.8. The van der Waals surface area contributed by atoms with E-state index in [0.717, 1.165) is 161 Å². The van der Waals surface area contributed by atoms with E-state index in [1.807, 2.05) is 142 Å². The van der Waals surface area contributed by atoms with Gasteiger partial charge in [-0.2, -0.15) is 0 Å². The average Bonchev–Trinajstić information content (AvgIpc) is 1.59. The highest BCUT2D eigenvalue weighted by atomic mass is 16.5. The highest BCUT2D eigenvalue weighted by molar-refractivity contribution is 6.12. The van der Waals surface area contributed by atoms with Gasteiger partial charge in [0.15, 0.2) is 34.9 Å². The molecule has 0 atom stereocenters. The van der Waals surface area contributed by atoms with E-state index in [1.54, 1.807) is 98.4 Å². The van der Waals surface area contributed by atoms with Gasteiger partial charge >= 0.3 is 11.9 Å². The van der Waals surface area contributed by atoms with Crippen LogP contribution < -0.4 is 34.4 Å². The third kappa shape index (κ3) is 22.1. The number of ether oxygens (including phenoxy) is 3. The van der Waals surface area contributed by atoms with Gasteiger partial charge in [-0.15, -0.1) is 0 Å². The fourth-order valence-corrected chi connectivity index (χ4v) is 16.4. The second kappa shape index (κ2) is 39.6. The lowest BCUT2D eigenvalue weighted by Gasteiger charge is -2.20. The van der Waals surface area contributed by atoms with Crippen LogP contribution in [0.5, 0.6) is 0 Å². The minimum atomic E-state index is -0.912. The number of aromatic nitrogens is 18. The minimum Gasteiger partial charge on any atom is -0.465 e. The molecule has 34 heteroatoms. The van der Waals surface area contributed by atoms with E-state index >= 15 is 0 Å². The molecule has 0 amide bonds. The Labute approximate surface area is 769 Å². The highest BCUT2D eigenvalue weighted by Crippen LogP contribution is 2.38. The third-order valence-corrected chi connectivity index (χ3v) is 21.8. The number of unbranched alkanes of at least 4 members (excludes halogenated alkanes) is 2. The van der Waals surface area contributed by atoms with Gasteiger partial charge < -0.3 is 102 Å². The van der Waals surface area contributed by atoms with Crippen molar-refractivity contribution < 1.29 is 49.3 Å². The average molecular weight is 1810 g/mol. The molecular formula is C99H122N24O10. The van der Waals surface area contributed by atoms with Crippen LogP contribution in [0.3, 0.4) is 0 Å². The van der Waals surface area contributed by atoms with Crippen LogP contribution in [-0.4, -0.2) is 174 Å². The van der Waals surface area contributed by atoms with E-state index in [2.05, 4.69) is 92.7 Å². The molecule has 0 aliphatic heterocycles. The van der Waals surface area contributed by atoms with Crippen molar-refractivity contribution in [3.63, 3.8) is 0 Å². The lowest BCUT2D eigenvalue weighted by molar-refractivity contribution is 0.0578. The number of para-hydroxylation sites is 4. The van der Waals surface area contributed by atoms with Gasteiger partial charge in [-0.25, -0.2) is 69.4 Å². The molecule has 0 bridgehead atoms. The number of nitrogen functional groups attached to an aromatic ring is 6. The predicted molar refractivity (Wildman–Crippen MR) is 528 cm³/mol. The summed E-state index contributed by atoms with van der Waals surface area (Å²) in [6.07, 6.45) is 11.0. The van der Waals surface area contributed by atoms with Crippen molar-refractivity contribution in [2.24, 2.45) is 5.92 Å². The molecule has 133 heavy (non-hydrogen) atoms. The van der Waals surface area contributed by atoms with Gasteiger partial charge in [-0.05, 0) is 156 Å². The number of methoxy groups -OCH3 is 2. The predicted octanol–water partition coefficient (Wildman–Crippen LogP) is 15.3. The lowest BCUT2D eigenvalue weighted by Crippen LogP contribution is -2.27. The molecular weight excluding hydrogens is 1690 g/mol. The standard InChI is InChI=1S/C20H26N4O3.C18H24N4O.C17H22N4O2.C16H18N4O3.C14H16N4O.C14H16N4/c1-5-6-7-15-23-16-17(24(15)11-20(2,3)26)13-9-8-12(19(25)27-4)10-14(13)22-18(16)21;1-4-5-10-14-21-15-16(22(14)11-18(2,3)23)12-8-6-7-9-13(12)20-17(15)19;1-4-23-9-13-20-14-15(21(13)10-17(2,3)22)11-7-5-6-8-12(11)19-16(14)18;1-16(2,22)7-20-8-18-12-13(20)10-5-4-9(15(21)23-3)6-11(10)19-14(12)17;1-14(2,19)7-18-8-16-11-12(18)9-5-3-4-6-10(9)17-13(11)15;1-9(2)7-18-8-16-12-13(18)10-5-3-4-6-11(10)17-14(12)15/h8-10,26H,5-7,11H2,1-4H3,(H2,21,22);6-9,23H,4-5,10-11H2,1-3H3,(H2,19,20);5-8,22H,4,9-10H2,1-3H3,(H2,18,19);4-6,8,22H,7H2,1-3H3,(H2,17,19);3-6,8,19H,7H2,1-2H3,(H2,15,17);3-6,8-9H,7H2,1-2H3,(H2,15,17). The molecule has 12 aromatic heterocycles. The molecule has 0 aliphatic rings. The van der Waals surface area contributed by atoms with Gasteiger partial charge in [0.25, 0.3) is 0 Å². The molecule has 0 spiro atoms. The van der Waals surface area contributed by atoms with E-state index in [9.17, 15) is 35.1 Å². The smallest absolute Gasteiger partial charge is 0.337 e. The quantitative estimate of drug-likeness (QED) is 0.0265. The van der Waals surface area contributed by atoms with Crippen molar-refractivity contribution in [3.8, 4) is 0 Å². The summed E-state index contributed by atoms with van der Waals surface area (Å²) in [5.74, 6) is 4.66. The maximum atomic E-state index is 11.9. The summed E-state index contributed by atoms with van der Waals surface area (Å²) in [7, 11) is 2.67. The topological polar surface area (TPSA) is 503 Å². The Balaban J connectivity index is 0.000000136. The van der Waals surface area contributed by atoms with Crippen LogP contribution in [-0.2, 0) is 72.9 Å². The second-order valence-corrected chi connectivity index (χ2v) is 37.0. The molecule has 12 heterocycles. The molecule has 17 N–H and O–H groups in total. The van der Waals surface area contributed by atoms with Crippen molar-refractivity contribution in [1.29, 1.82) is 0 Å². The van der Waals surface area contributed by atoms with E-state index in [-0.39, 0.29) is 5.82 Å². The molecule has 0 aliphatic carbocycles. The van der Waals surface area contributed by atoms with Crippen LogP contribution >= 0.6 is 0 Å². The first-order valence-electron chi connectivity index (χ1n) is 44.5. The van der Waals surface area contributed by atoms with Crippen LogP contribution in [0, 0.1) is 5.92 Å². The Morgan fingerprint density at radius 2 is 0.632 bits per heavy atom. The molecule has 0 fully saturated rings. The lowest BCUT2D eigenvalue weighted by atomic mass is 10.1. The normalized spacial score (nSPS) is 12.1. The molecule has 34 nitrogen and oxygen atoms in total. The molecule has 18 rings (SSSR count). The number of esters is 2. The Morgan fingerprint density at radius 3 is 0.947 bits per heavy atom. The van der Waals surface area contributed by atoms with Gasteiger partial charge in [0.2, 0.25) is 0 Å². The zero-order valence-corrected chi connectivity index (χ0v) is 78.7. The number of carbonyl (C=O) groups excluding carboxylic acids is 2. The number of fused-ring (bicyclic) bond motifs is 18. The van der Waals surface area contributed by atoms with Crippen LogP contribution in [0.15, 0.2) is 152 Å². The molecule has 0 radical (unpaired) electrons. The number of anilines is 6. The summed E-state index contributed by atoms with van der Waals surface area (Å²) in [5, 5.41) is 56.9. The van der Waals surface area contributed by atoms with Crippen molar-refractivity contribution in [2.45, 2.75) is 216 Å². The fourth-order valence-electron chi connectivity index (χ4n) is 16.4. The fraction of sp³-hybridized carbons (Fsp3) is 0.374. The van der Waals surface area contributed by atoms with Crippen molar-refractivity contribution in [1.82, 2.24) is 87.2 Å². The van der Waals surface area contributed by atoms with E-state index in [0.29, 0.717) is 125 Å². The van der Waals surface area contributed by atoms with Crippen LogP contribution in [0.2, 0.25) is 0 Å². The highest BCUT2D eigenvalue weighted by Gasteiger charge is 2.29. The van der Waals surface area contributed by atoms with Crippen LogP contribution in [0.25, 0.3) is 132 Å². The van der Waals surface area contributed by atoms with E-state index < -0.39 is 39.9 Å². The van der Waals surface area contributed by atoms with Gasteiger partial charge in [-0.1, -0.05) is 113 Å². The van der Waals surface area contributed by atoms with Crippen LogP contribution in [0.1, 0.15) is 168 Å². The summed E-state index contributed by atoms with van der Waals surface area (Å²) in [4.78, 5) is 77.1. The molecule has 0 unspecified atom stereocenters. The summed E-state index contributed by atoms with van der Waals surface area (Å²) in [6, 6.07) is 41.9. The van der Waals surface area contributed by atoms with Gasteiger partial charge in [0.1, 0.15) is 57.2 Å². The Morgan fingerprint density at radius 1 is 0.353 bits per heavy atom. The van der Waals surface area contributed by atoms with Gasteiger partial charge in [-0.3, -0.25) is 0 Å². The molecule has 18 aromatic rings. The van der Waals surface area contributed by atoms with Gasteiger partial charge in [0, 0.05) is 58.3 Å². The van der Waals surface area contributed by atoms with E-state index in [4.69, 9.17) is 58.6 Å². The van der Waals surface area contributed by atoms with Crippen molar-refractivity contribution in [2.75, 3.05) is 55.2 Å². The van der Waals surface area contributed by atoms with Crippen molar-refractivity contribution >= 4 is 178 Å². The summed E-state index contributed by atoms with van der Waals surface area (Å²) in [5.41, 5.74) is 47.0. The number of nitrogens with zero attached hydrogens (tertiary/aromatic N) is 18. The monoisotopic (exact) mass is 1810 g/mol. The SMILES string of the molecule is CC(C)(O)Cn1cnc2c(N)nc3ccccc3c21.CC(C)Cn1cnc2c(N)nc3ccccc3c21.CCCCc1nc2c(N)nc3cc(C(=O)OC)ccc3c2n1CC(C)(C)O.CCCCc1nc2c(N)nc3ccccc3c2n1CC(C)(C)O.CCOCc1nc2c(N)nc3ccccc3c2n1CC(C)(C)O.COC(=O)c1ccc2c(c1)nc(N)c1ncn(CC(C)(C)O)c12. The zero-order chi connectivity index (χ0) is 96.1.